The molecule has 0 aliphatic carbocycles. The summed E-state index contributed by atoms with van der Waals surface area (Å²) in [4.78, 5) is 11.8. The summed E-state index contributed by atoms with van der Waals surface area (Å²) in [7, 11) is 0. The molecule has 0 atom stereocenters. The third-order valence-electron chi connectivity index (χ3n) is 3.39. The summed E-state index contributed by atoms with van der Waals surface area (Å²) in [6.45, 7) is 0.528. The van der Waals surface area contributed by atoms with E-state index in [9.17, 15) is 4.79 Å². The highest BCUT2D eigenvalue weighted by Crippen LogP contribution is 2.33. The van der Waals surface area contributed by atoms with Crippen molar-refractivity contribution in [3.63, 3.8) is 0 Å². The molecular weight excluding hydrogens is 296 g/mol. The SMILES string of the molecule is O=C(O)CCc1cc2c(OCc3ccccc3)cccc2s1. The van der Waals surface area contributed by atoms with E-state index in [2.05, 4.69) is 0 Å². The number of ether oxygens (including phenoxy) is 1. The van der Waals surface area contributed by atoms with Crippen molar-refractivity contribution in [1.82, 2.24) is 0 Å². The van der Waals surface area contributed by atoms with Gasteiger partial charge in [-0.1, -0.05) is 36.4 Å². The van der Waals surface area contributed by atoms with Crippen LogP contribution in [0.3, 0.4) is 0 Å². The number of fused-ring (bicyclic) bond motifs is 1. The Morgan fingerprint density at radius 1 is 1.09 bits per heavy atom. The number of carbonyl (C=O) groups is 1. The first-order valence-corrected chi connectivity index (χ1v) is 7.94. The fourth-order valence-electron chi connectivity index (χ4n) is 2.30. The number of hydrogen-bond acceptors (Lipinski definition) is 3. The predicted molar refractivity (Wildman–Crippen MR) is 88.6 cm³/mol. The van der Waals surface area contributed by atoms with Crippen molar-refractivity contribution in [2.75, 3.05) is 0 Å². The fraction of sp³-hybridized carbons (Fsp3) is 0.167. The zero-order valence-electron chi connectivity index (χ0n) is 12.0. The Hall–Kier alpha value is -2.33. The average molecular weight is 312 g/mol. The van der Waals surface area contributed by atoms with Crippen molar-refractivity contribution in [3.8, 4) is 5.75 Å². The van der Waals surface area contributed by atoms with Gasteiger partial charge in [0.25, 0.3) is 0 Å². The van der Waals surface area contributed by atoms with E-state index in [1.54, 1.807) is 11.3 Å². The van der Waals surface area contributed by atoms with Crippen LogP contribution in [0.1, 0.15) is 16.9 Å². The number of rotatable bonds is 6. The van der Waals surface area contributed by atoms with E-state index >= 15 is 0 Å². The fourth-order valence-corrected chi connectivity index (χ4v) is 3.38. The highest BCUT2D eigenvalue weighted by molar-refractivity contribution is 7.19. The maximum absolute atomic E-state index is 10.7. The van der Waals surface area contributed by atoms with Crippen molar-refractivity contribution in [2.24, 2.45) is 0 Å². The molecule has 4 heteroatoms. The lowest BCUT2D eigenvalue weighted by atomic mass is 10.2. The van der Waals surface area contributed by atoms with E-state index in [4.69, 9.17) is 9.84 Å². The first-order valence-electron chi connectivity index (χ1n) is 7.12. The van der Waals surface area contributed by atoms with Crippen LogP contribution in [0.4, 0.5) is 0 Å². The Balaban J connectivity index is 1.79. The van der Waals surface area contributed by atoms with Gasteiger partial charge in [-0.3, -0.25) is 4.79 Å². The molecule has 0 fully saturated rings. The van der Waals surface area contributed by atoms with Gasteiger partial charge >= 0.3 is 5.97 Å². The number of benzene rings is 2. The third kappa shape index (κ3) is 3.46. The molecule has 0 bridgehead atoms. The van der Waals surface area contributed by atoms with Crippen LogP contribution in [-0.2, 0) is 17.8 Å². The molecule has 112 valence electrons. The Morgan fingerprint density at radius 2 is 1.91 bits per heavy atom. The van der Waals surface area contributed by atoms with Gasteiger partial charge in [-0.15, -0.1) is 11.3 Å². The summed E-state index contributed by atoms with van der Waals surface area (Å²) < 4.78 is 7.07. The minimum Gasteiger partial charge on any atom is -0.488 e. The maximum atomic E-state index is 10.7. The molecule has 0 aliphatic rings. The second-order valence-corrected chi connectivity index (χ2v) is 6.22. The van der Waals surface area contributed by atoms with Crippen LogP contribution < -0.4 is 4.74 Å². The van der Waals surface area contributed by atoms with Gasteiger partial charge in [0, 0.05) is 15.0 Å². The molecule has 0 amide bonds. The number of aliphatic carboxylic acids is 1. The molecule has 0 unspecified atom stereocenters. The summed E-state index contributed by atoms with van der Waals surface area (Å²) in [5, 5.41) is 9.85. The zero-order valence-corrected chi connectivity index (χ0v) is 12.8. The standard InChI is InChI=1S/C18H16O3S/c19-18(20)10-9-14-11-15-16(7-4-8-17(15)22-14)21-12-13-5-2-1-3-6-13/h1-8,11H,9-10,12H2,(H,19,20). The van der Waals surface area contributed by atoms with Crippen LogP contribution in [0.2, 0.25) is 0 Å². The predicted octanol–water partition coefficient (Wildman–Crippen LogP) is 4.50. The molecule has 3 rings (SSSR count). The third-order valence-corrected chi connectivity index (χ3v) is 4.55. The minimum absolute atomic E-state index is 0.160. The van der Waals surface area contributed by atoms with Crippen LogP contribution in [0.5, 0.6) is 5.75 Å². The molecule has 3 aromatic rings. The van der Waals surface area contributed by atoms with Gasteiger partial charge in [0.2, 0.25) is 0 Å². The zero-order chi connectivity index (χ0) is 15.4. The van der Waals surface area contributed by atoms with Crippen molar-refractivity contribution in [1.29, 1.82) is 0 Å². The van der Waals surface area contributed by atoms with Crippen molar-refractivity contribution in [2.45, 2.75) is 19.4 Å². The molecular formula is C18H16O3S. The molecule has 0 spiro atoms. The molecule has 1 aromatic heterocycles. The molecule has 0 aliphatic heterocycles. The Labute approximate surface area is 132 Å². The van der Waals surface area contributed by atoms with Gasteiger partial charge in [0.15, 0.2) is 0 Å². The molecule has 0 saturated heterocycles. The molecule has 2 aromatic carbocycles. The second kappa shape index (κ2) is 6.62. The normalized spacial score (nSPS) is 10.7. The van der Waals surface area contributed by atoms with Gasteiger partial charge in [-0.2, -0.15) is 0 Å². The molecule has 22 heavy (non-hydrogen) atoms. The van der Waals surface area contributed by atoms with E-state index in [0.717, 1.165) is 26.3 Å². The molecule has 1 heterocycles. The lowest BCUT2D eigenvalue weighted by molar-refractivity contribution is -0.136. The highest BCUT2D eigenvalue weighted by Gasteiger charge is 2.08. The van der Waals surface area contributed by atoms with Crippen molar-refractivity contribution >= 4 is 27.4 Å². The Bertz CT molecular complexity index is 777. The number of thiophene rings is 1. The number of carboxylic acids is 1. The van der Waals surface area contributed by atoms with Crippen LogP contribution in [0.25, 0.3) is 10.1 Å². The largest absolute Gasteiger partial charge is 0.488 e. The van der Waals surface area contributed by atoms with E-state index in [1.807, 2.05) is 54.6 Å². The Kier molecular flexibility index (Phi) is 4.39. The number of carboxylic acid groups (broad SMARTS) is 1. The van der Waals surface area contributed by atoms with E-state index < -0.39 is 5.97 Å². The summed E-state index contributed by atoms with van der Waals surface area (Å²) >= 11 is 1.63. The number of hydrogen-bond donors (Lipinski definition) is 1. The van der Waals surface area contributed by atoms with Gasteiger partial charge < -0.3 is 9.84 Å². The second-order valence-electron chi connectivity index (χ2n) is 5.05. The first kappa shape index (κ1) is 14.6. The lowest BCUT2D eigenvalue weighted by Gasteiger charge is -2.07. The maximum Gasteiger partial charge on any atom is 0.303 e. The molecule has 0 saturated carbocycles. The summed E-state index contributed by atoms with van der Waals surface area (Å²) in [5.41, 5.74) is 1.13. The van der Waals surface area contributed by atoms with Gasteiger partial charge in [-0.05, 0) is 30.2 Å². The van der Waals surface area contributed by atoms with Crippen LogP contribution in [0, 0.1) is 0 Å². The van der Waals surface area contributed by atoms with Gasteiger partial charge in [0.1, 0.15) is 12.4 Å². The van der Waals surface area contributed by atoms with E-state index in [0.29, 0.717) is 13.0 Å². The summed E-state index contributed by atoms with van der Waals surface area (Å²) in [6, 6.07) is 18.1. The molecule has 0 radical (unpaired) electrons. The van der Waals surface area contributed by atoms with E-state index in [-0.39, 0.29) is 6.42 Å². The Morgan fingerprint density at radius 3 is 2.68 bits per heavy atom. The monoisotopic (exact) mass is 312 g/mol. The van der Waals surface area contributed by atoms with Crippen LogP contribution in [0.15, 0.2) is 54.6 Å². The average Bonchev–Trinajstić information content (AvgIpc) is 2.95. The summed E-state index contributed by atoms with van der Waals surface area (Å²) in [6.07, 6.45) is 0.722. The van der Waals surface area contributed by atoms with Gasteiger partial charge in [0.05, 0.1) is 6.42 Å². The van der Waals surface area contributed by atoms with E-state index in [1.165, 1.54) is 0 Å². The minimum atomic E-state index is -0.766. The topological polar surface area (TPSA) is 46.5 Å². The van der Waals surface area contributed by atoms with Crippen LogP contribution >= 0.6 is 11.3 Å². The van der Waals surface area contributed by atoms with Crippen molar-refractivity contribution in [3.05, 3.63) is 65.0 Å². The quantitative estimate of drug-likeness (QED) is 0.729. The first-order chi connectivity index (χ1) is 10.7. The van der Waals surface area contributed by atoms with Crippen molar-refractivity contribution < 1.29 is 14.6 Å². The lowest BCUT2D eigenvalue weighted by Crippen LogP contribution is -1.95. The molecule has 3 nitrogen and oxygen atoms in total. The smallest absolute Gasteiger partial charge is 0.303 e. The number of aryl methyl sites for hydroxylation is 1. The summed E-state index contributed by atoms with van der Waals surface area (Å²) in [5.74, 6) is 0.0807. The highest BCUT2D eigenvalue weighted by atomic mass is 32.1. The van der Waals surface area contributed by atoms with Gasteiger partial charge in [-0.25, -0.2) is 0 Å². The van der Waals surface area contributed by atoms with Crippen LogP contribution in [-0.4, -0.2) is 11.1 Å². The molecule has 1 N–H and O–H groups in total.